The zero-order chi connectivity index (χ0) is 8.20. The second-order valence-corrected chi connectivity index (χ2v) is 2.20. The molecule has 0 aliphatic rings. The van der Waals surface area contributed by atoms with Crippen molar-refractivity contribution in [2.24, 2.45) is 0 Å². The summed E-state index contributed by atoms with van der Waals surface area (Å²) in [6.07, 6.45) is -5.82. The van der Waals surface area contributed by atoms with Gasteiger partial charge in [-0.3, -0.25) is 0 Å². The second kappa shape index (κ2) is 3.81. The third-order valence-electron chi connectivity index (χ3n) is 1.19. The molecule has 0 aliphatic heterocycles. The van der Waals surface area contributed by atoms with E-state index in [2.05, 4.69) is 0 Å². The third-order valence-corrected chi connectivity index (χ3v) is 1.19. The molecule has 0 aromatic heterocycles. The van der Waals surface area contributed by atoms with Crippen molar-refractivity contribution in [1.29, 1.82) is 0 Å². The predicted octanol–water partition coefficient (Wildman–Crippen LogP) is 2.10. The summed E-state index contributed by atoms with van der Waals surface area (Å²) < 4.78 is 35.3. The van der Waals surface area contributed by atoms with Gasteiger partial charge in [-0.15, -0.1) is 0 Å². The molecule has 0 aromatic carbocycles. The molecule has 0 saturated carbocycles. The highest BCUT2D eigenvalue weighted by Gasteiger charge is 2.36. The minimum atomic E-state index is -4.16. The molecule has 1 N–H and O–H groups in total. The molecule has 1 nitrogen and oxygen atoms in total. The summed E-state index contributed by atoms with van der Waals surface area (Å²) in [6, 6.07) is 0. The Kier molecular flexibility index (Phi) is 3.71. The van der Waals surface area contributed by atoms with Crippen molar-refractivity contribution in [3.63, 3.8) is 0 Å². The average molecular weight is 156 g/mol. The lowest BCUT2D eigenvalue weighted by Crippen LogP contribution is -2.28. The summed E-state index contributed by atoms with van der Waals surface area (Å²) >= 11 is 0. The standard InChI is InChI=1S/C6H11F3O/c1-2-3-4-5(7)6(8,9)10/h5,10H,2-4H2,1H3. The number of unbranched alkanes of at least 4 members (excludes halogenated alkanes) is 1. The normalized spacial score (nSPS) is 15.3. The molecule has 10 heavy (non-hydrogen) atoms. The molecule has 0 rings (SSSR count). The van der Waals surface area contributed by atoms with Gasteiger partial charge < -0.3 is 5.11 Å². The van der Waals surface area contributed by atoms with Crippen LogP contribution in [0.25, 0.3) is 0 Å². The molecule has 0 amide bonds. The van der Waals surface area contributed by atoms with Crippen LogP contribution in [0, 0.1) is 0 Å². The molecule has 0 aromatic rings. The molecule has 0 saturated heterocycles. The predicted molar refractivity (Wildman–Crippen MR) is 31.6 cm³/mol. The molecule has 1 unspecified atom stereocenters. The number of hydrogen-bond donors (Lipinski definition) is 1. The molecule has 0 spiro atoms. The van der Waals surface area contributed by atoms with Gasteiger partial charge >= 0.3 is 6.11 Å². The van der Waals surface area contributed by atoms with Gasteiger partial charge in [-0.2, -0.15) is 8.78 Å². The maximum absolute atomic E-state index is 12.1. The highest BCUT2D eigenvalue weighted by Crippen LogP contribution is 2.21. The van der Waals surface area contributed by atoms with Crippen LogP contribution in [-0.2, 0) is 0 Å². The summed E-state index contributed by atoms with van der Waals surface area (Å²) in [5, 5.41) is 7.80. The van der Waals surface area contributed by atoms with Crippen LogP contribution < -0.4 is 0 Å². The summed E-state index contributed by atoms with van der Waals surface area (Å²) in [6.45, 7) is 1.77. The van der Waals surface area contributed by atoms with Gasteiger partial charge in [0.25, 0.3) is 0 Å². The summed E-state index contributed by atoms with van der Waals surface area (Å²) in [4.78, 5) is 0. The summed E-state index contributed by atoms with van der Waals surface area (Å²) in [7, 11) is 0. The van der Waals surface area contributed by atoms with E-state index in [0.717, 1.165) is 0 Å². The van der Waals surface area contributed by atoms with E-state index in [4.69, 9.17) is 5.11 Å². The lowest BCUT2D eigenvalue weighted by atomic mass is 10.2. The average Bonchev–Trinajstić information content (AvgIpc) is 1.80. The molecule has 1 atom stereocenters. The SMILES string of the molecule is CCCCC(F)C(O)(F)F. The summed E-state index contributed by atoms with van der Waals surface area (Å²) in [5.74, 6) is 0. The van der Waals surface area contributed by atoms with E-state index < -0.39 is 12.3 Å². The lowest BCUT2D eigenvalue weighted by Gasteiger charge is -2.12. The van der Waals surface area contributed by atoms with Gasteiger partial charge in [0, 0.05) is 0 Å². The van der Waals surface area contributed by atoms with E-state index in [1.807, 2.05) is 0 Å². The van der Waals surface area contributed by atoms with Crippen LogP contribution in [0.3, 0.4) is 0 Å². The second-order valence-electron chi connectivity index (χ2n) is 2.20. The van der Waals surface area contributed by atoms with Gasteiger partial charge in [-0.05, 0) is 6.42 Å². The molecule has 62 valence electrons. The van der Waals surface area contributed by atoms with E-state index in [1.54, 1.807) is 6.92 Å². The minimum Gasteiger partial charge on any atom is -0.334 e. The van der Waals surface area contributed by atoms with Crippen LogP contribution in [0.2, 0.25) is 0 Å². The Morgan fingerprint density at radius 1 is 1.50 bits per heavy atom. The van der Waals surface area contributed by atoms with Gasteiger partial charge in [0.1, 0.15) is 0 Å². The Bertz CT molecular complexity index is 89.5. The first-order valence-corrected chi connectivity index (χ1v) is 3.22. The van der Waals surface area contributed by atoms with E-state index in [0.29, 0.717) is 12.8 Å². The van der Waals surface area contributed by atoms with Crippen LogP contribution >= 0.6 is 0 Å². The molecule has 0 heterocycles. The zero-order valence-electron chi connectivity index (χ0n) is 5.78. The van der Waals surface area contributed by atoms with Gasteiger partial charge in [-0.25, -0.2) is 4.39 Å². The first-order valence-electron chi connectivity index (χ1n) is 3.22. The fourth-order valence-corrected chi connectivity index (χ4v) is 0.557. The van der Waals surface area contributed by atoms with E-state index in [1.165, 1.54) is 0 Å². The van der Waals surface area contributed by atoms with E-state index in [9.17, 15) is 13.2 Å². The number of halogens is 3. The Morgan fingerprint density at radius 2 is 2.00 bits per heavy atom. The van der Waals surface area contributed by atoms with Crippen molar-refractivity contribution in [1.82, 2.24) is 0 Å². The highest BCUT2D eigenvalue weighted by molar-refractivity contribution is 4.63. The fourth-order valence-electron chi connectivity index (χ4n) is 0.557. The van der Waals surface area contributed by atoms with Gasteiger partial charge in [-0.1, -0.05) is 19.8 Å². The molecule has 4 heteroatoms. The van der Waals surface area contributed by atoms with Crippen LogP contribution in [0.4, 0.5) is 13.2 Å². The number of alkyl halides is 3. The maximum Gasteiger partial charge on any atom is 0.384 e. The largest absolute Gasteiger partial charge is 0.384 e. The van der Waals surface area contributed by atoms with Gasteiger partial charge in [0.15, 0.2) is 6.17 Å². The quantitative estimate of drug-likeness (QED) is 0.660. The number of rotatable bonds is 4. The topological polar surface area (TPSA) is 20.2 Å². The van der Waals surface area contributed by atoms with E-state index in [-0.39, 0.29) is 6.42 Å². The van der Waals surface area contributed by atoms with Crippen molar-refractivity contribution in [2.75, 3.05) is 0 Å². The fraction of sp³-hybridized carbons (Fsp3) is 1.00. The maximum atomic E-state index is 12.1. The number of hydrogen-bond acceptors (Lipinski definition) is 1. The molecule has 0 fully saturated rings. The Hall–Kier alpha value is -0.250. The van der Waals surface area contributed by atoms with Crippen LogP contribution in [-0.4, -0.2) is 17.4 Å². The number of aliphatic hydroxyl groups is 1. The van der Waals surface area contributed by atoms with Crippen molar-refractivity contribution in [3.05, 3.63) is 0 Å². The van der Waals surface area contributed by atoms with Gasteiger partial charge in [0.2, 0.25) is 0 Å². The lowest BCUT2D eigenvalue weighted by molar-refractivity contribution is -0.241. The molecular formula is C6H11F3O. The molecule has 0 radical (unpaired) electrons. The Labute approximate surface area is 57.9 Å². The molecule has 0 bridgehead atoms. The highest BCUT2D eigenvalue weighted by atomic mass is 19.3. The monoisotopic (exact) mass is 156 g/mol. The van der Waals surface area contributed by atoms with Crippen LogP contribution in [0.15, 0.2) is 0 Å². The van der Waals surface area contributed by atoms with Crippen molar-refractivity contribution in [2.45, 2.75) is 38.5 Å². The van der Waals surface area contributed by atoms with Crippen molar-refractivity contribution < 1.29 is 18.3 Å². The Morgan fingerprint density at radius 3 is 2.30 bits per heavy atom. The van der Waals surface area contributed by atoms with Crippen LogP contribution in [0.1, 0.15) is 26.2 Å². The van der Waals surface area contributed by atoms with Gasteiger partial charge in [0.05, 0.1) is 0 Å². The van der Waals surface area contributed by atoms with E-state index >= 15 is 0 Å². The minimum absolute atomic E-state index is 0.278. The molecule has 0 aliphatic carbocycles. The third kappa shape index (κ3) is 3.71. The first-order chi connectivity index (χ1) is 4.48. The Balaban J connectivity index is 3.52. The summed E-state index contributed by atoms with van der Waals surface area (Å²) in [5.41, 5.74) is 0. The van der Waals surface area contributed by atoms with Crippen molar-refractivity contribution >= 4 is 0 Å². The van der Waals surface area contributed by atoms with Crippen LogP contribution in [0.5, 0.6) is 0 Å². The molecular weight excluding hydrogens is 145 g/mol. The first kappa shape index (κ1) is 9.75. The zero-order valence-corrected chi connectivity index (χ0v) is 5.78. The smallest absolute Gasteiger partial charge is 0.334 e. The van der Waals surface area contributed by atoms with Crippen molar-refractivity contribution in [3.8, 4) is 0 Å².